The first kappa shape index (κ1) is 97.8. The maximum atomic E-state index is 14.3. The second-order valence-corrected chi connectivity index (χ2v) is 38.5. The van der Waals surface area contributed by atoms with E-state index >= 15 is 0 Å². The van der Waals surface area contributed by atoms with Gasteiger partial charge in [-0.2, -0.15) is 33.7 Å². The standard InChI is InChI=1S/C27H27F4N7O.C27H28N8O2.C26H32N6O3.C25H24F3N7O/c1-32-26(39)37-8-9-38-21(14-37)23(35-25(38)15-6-7-27(30,31)11-15)17-4-3-5-20-18(17)10-19(24(28)29)22(34-20)16-12-33-36(2)13-16;1-29-27(36)34-8-9-35-23(16-34)25(32-26(35)17-6-10-37-11-7-17)20-4-3-5-22-21(20)12-18(13-28)24(31-22)19-14-30-33(2)15-19;1-27-26(33)31-7-8-32-22(17-31)24(29-25(32)18-5-11-34-12-6-18)20-4-2-3-19-15-23(28-16-21(19)20)30-9-13-35-14-10-30;1-29-24(36)34-8-9-35-20(13-34)22(32-23(35)14-6-7-14)16-4-3-5-19-17(16)10-18(25(26,27)28)21(31-19)15-11-30-33(2)12-15/h3-5,10,12-13,15,24H,6-9,11,14H2,1-2H3,(H,32,39);3-5,12,14-15,17H,6-11,16H2,1-2H3,(H,29,36);2-4,15-16,18H,5-14,17H2,1H3,(H,27,33);3-5,10-12,14H,6-9,13H2,1-2H3,(H,29,36). The minimum atomic E-state index is -4.61. The number of morpholine rings is 1. The zero-order valence-corrected chi connectivity index (χ0v) is 82.4. The third kappa shape index (κ3) is 19.3. The monoisotopic (exact) mass is 2010 g/mol. The molecule has 8 amide bonds. The molecule has 42 heteroatoms. The molecule has 35 nitrogen and oxygen atoms in total. The van der Waals surface area contributed by atoms with E-state index in [0.29, 0.717) is 168 Å². The highest BCUT2D eigenvalue weighted by atomic mass is 19.4. The summed E-state index contributed by atoms with van der Waals surface area (Å²) in [5, 5.41) is 37.1. The molecule has 4 N–H and O–H groups in total. The molecule has 5 fully saturated rings. The van der Waals surface area contributed by atoms with Gasteiger partial charge in [0.1, 0.15) is 35.2 Å². The van der Waals surface area contributed by atoms with Crippen LogP contribution in [0.2, 0.25) is 0 Å². The number of fused-ring (bicyclic) bond motifs is 8. The number of nitrogens with one attached hydrogen (secondary N) is 4. The molecular weight excluding hydrogens is 1900 g/mol. The Morgan fingerprint density at radius 3 is 1.18 bits per heavy atom. The fourth-order valence-electron chi connectivity index (χ4n) is 21.8. The molecule has 24 rings (SSSR count). The van der Waals surface area contributed by atoms with Crippen molar-refractivity contribution in [2.75, 3.05) is 112 Å². The van der Waals surface area contributed by atoms with Crippen LogP contribution in [0.3, 0.4) is 0 Å². The molecule has 11 aromatic heterocycles. The van der Waals surface area contributed by atoms with Crippen LogP contribution < -0.4 is 26.2 Å². The van der Waals surface area contributed by atoms with Crippen molar-refractivity contribution in [3.05, 3.63) is 203 Å². The van der Waals surface area contributed by atoms with Crippen molar-refractivity contribution in [2.45, 2.75) is 152 Å². The number of halogens is 7. The largest absolute Gasteiger partial charge is 0.418 e. The molecule has 4 aromatic carbocycles. The molecule has 762 valence electrons. The predicted molar refractivity (Wildman–Crippen MR) is 535 cm³/mol. The van der Waals surface area contributed by atoms with Crippen LogP contribution in [0, 0.1) is 11.3 Å². The van der Waals surface area contributed by atoms with Crippen molar-refractivity contribution in [1.82, 2.24) is 128 Å². The Labute approximate surface area is 840 Å². The lowest BCUT2D eigenvalue weighted by Gasteiger charge is -2.31. The van der Waals surface area contributed by atoms with Crippen molar-refractivity contribution in [1.29, 1.82) is 5.26 Å². The van der Waals surface area contributed by atoms with E-state index in [-0.39, 0.29) is 60.5 Å². The highest BCUT2D eigenvalue weighted by Crippen LogP contribution is 2.50. The number of hydrogen-bond donors (Lipinski definition) is 4. The summed E-state index contributed by atoms with van der Waals surface area (Å²) in [7, 11) is 11.7. The molecule has 18 heterocycles. The van der Waals surface area contributed by atoms with Gasteiger partial charge in [-0.3, -0.25) is 14.0 Å². The quantitative estimate of drug-likeness (QED) is 0.0779. The van der Waals surface area contributed by atoms with Gasteiger partial charge in [0.05, 0.1) is 148 Å². The van der Waals surface area contributed by atoms with Crippen LogP contribution in [0.25, 0.3) is 122 Å². The van der Waals surface area contributed by atoms with E-state index in [1.165, 1.54) is 40.1 Å². The number of benzene rings is 4. The number of nitriles is 1. The highest BCUT2D eigenvalue weighted by Gasteiger charge is 2.45. The Morgan fingerprint density at radius 1 is 0.422 bits per heavy atom. The summed E-state index contributed by atoms with van der Waals surface area (Å²) >= 11 is 0. The first-order valence-corrected chi connectivity index (χ1v) is 49.7. The van der Waals surface area contributed by atoms with Gasteiger partial charge in [-0.05, 0) is 92.8 Å². The smallest absolute Gasteiger partial charge is 0.381 e. The van der Waals surface area contributed by atoms with E-state index in [9.17, 15) is 55.2 Å². The Kier molecular flexibility index (Phi) is 27.0. The van der Waals surface area contributed by atoms with E-state index in [1.807, 2.05) is 58.1 Å². The third-order valence-electron chi connectivity index (χ3n) is 29.3. The molecule has 2 aliphatic carbocycles. The van der Waals surface area contributed by atoms with Gasteiger partial charge in [0.25, 0.3) is 6.43 Å². The van der Waals surface area contributed by atoms with E-state index < -0.39 is 30.0 Å². The molecule has 147 heavy (non-hydrogen) atoms. The Hall–Kier alpha value is -15.3. The zero-order valence-electron chi connectivity index (χ0n) is 82.4. The van der Waals surface area contributed by atoms with Crippen molar-refractivity contribution in [3.8, 4) is 84.9 Å². The number of ether oxygens (including phenoxy) is 3. The number of carbonyl (C=O) groups is 4. The summed E-state index contributed by atoms with van der Waals surface area (Å²) in [6.07, 6.45) is 9.91. The maximum Gasteiger partial charge on any atom is 0.418 e. The summed E-state index contributed by atoms with van der Waals surface area (Å²) in [6.45, 7) is 12.5. The van der Waals surface area contributed by atoms with Crippen molar-refractivity contribution >= 4 is 73.4 Å². The van der Waals surface area contributed by atoms with E-state index in [4.69, 9.17) is 44.1 Å². The second kappa shape index (κ2) is 40.6. The number of aryl methyl sites for hydroxylation is 3. The summed E-state index contributed by atoms with van der Waals surface area (Å²) < 4.78 is 130. The first-order chi connectivity index (χ1) is 71.2. The van der Waals surface area contributed by atoms with E-state index in [1.54, 1.807) is 106 Å². The van der Waals surface area contributed by atoms with Crippen LogP contribution in [0.15, 0.2) is 140 Å². The van der Waals surface area contributed by atoms with Crippen molar-refractivity contribution in [3.63, 3.8) is 0 Å². The lowest BCUT2D eigenvalue weighted by atomic mass is 9.99. The zero-order chi connectivity index (χ0) is 102. The van der Waals surface area contributed by atoms with Gasteiger partial charge >= 0.3 is 30.3 Å². The summed E-state index contributed by atoms with van der Waals surface area (Å²) in [5.41, 5.74) is 13.0. The predicted octanol–water partition coefficient (Wildman–Crippen LogP) is 16.4. The average molecular weight is 2010 g/mol. The Bertz CT molecular complexity index is 7620. The first-order valence-electron chi connectivity index (χ1n) is 49.7. The molecule has 2 saturated carbocycles. The van der Waals surface area contributed by atoms with Crippen LogP contribution in [0.5, 0.6) is 0 Å². The Balaban J connectivity index is 0.000000115. The number of anilines is 1. The van der Waals surface area contributed by atoms with Crippen molar-refractivity contribution < 1.29 is 64.1 Å². The lowest BCUT2D eigenvalue weighted by Crippen LogP contribution is -2.43. The van der Waals surface area contributed by atoms with Gasteiger partial charge in [0.15, 0.2) is 0 Å². The number of rotatable bonds is 13. The summed E-state index contributed by atoms with van der Waals surface area (Å²) in [6, 6.07) is 31.3. The van der Waals surface area contributed by atoms with Crippen LogP contribution in [0.4, 0.5) is 55.7 Å². The number of urea groups is 4. The van der Waals surface area contributed by atoms with Gasteiger partial charge in [-0.1, -0.05) is 54.6 Å². The van der Waals surface area contributed by atoms with Gasteiger partial charge in [-0.15, -0.1) is 0 Å². The number of imidazole rings is 4. The number of carbonyl (C=O) groups excluding carboxylic acids is 4. The van der Waals surface area contributed by atoms with Crippen LogP contribution in [-0.2, 0) is 93.9 Å². The number of aromatic nitrogens is 18. The number of amides is 8. The molecule has 0 bridgehead atoms. The fraction of sp³-hybridized carbons (Fsp3) is 0.410. The maximum absolute atomic E-state index is 14.3. The van der Waals surface area contributed by atoms with Gasteiger partial charge in [-0.25, -0.2) is 76.6 Å². The topological polar surface area (TPSA) is 360 Å². The molecule has 1 unspecified atom stereocenters. The minimum Gasteiger partial charge on any atom is -0.381 e. The van der Waals surface area contributed by atoms with Gasteiger partial charge < -0.3 is 78.2 Å². The fourth-order valence-corrected chi connectivity index (χ4v) is 21.8. The summed E-state index contributed by atoms with van der Waals surface area (Å²) in [5.74, 6) is 2.53. The van der Waals surface area contributed by atoms with Crippen LogP contribution >= 0.6 is 0 Å². The number of pyridine rings is 4. The number of hydrogen-bond acceptors (Lipinski definition) is 20. The van der Waals surface area contributed by atoms with E-state index in [2.05, 4.69) is 95.5 Å². The lowest BCUT2D eigenvalue weighted by molar-refractivity contribution is -0.137. The molecule has 7 aliphatic heterocycles. The molecular formula is C105H111F7N28O7. The minimum absolute atomic E-state index is 0.0502. The molecule has 0 spiro atoms. The molecule has 1 atom stereocenters. The second-order valence-electron chi connectivity index (χ2n) is 38.5. The summed E-state index contributed by atoms with van der Waals surface area (Å²) in [4.78, 5) is 98.2. The highest BCUT2D eigenvalue weighted by molar-refractivity contribution is 6.01. The normalized spacial score (nSPS) is 17.4. The Morgan fingerprint density at radius 2 is 0.796 bits per heavy atom. The van der Waals surface area contributed by atoms with Gasteiger partial charge in [0.2, 0.25) is 5.92 Å². The van der Waals surface area contributed by atoms with Crippen LogP contribution in [0.1, 0.15) is 151 Å². The van der Waals surface area contributed by atoms with Crippen LogP contribution in [-0.4, -0.2) is 244 Å². The average Bonchev–Trinajstić information content (AvgIpc) is 1.75. The number of nitrogens with zero attached hydrogens (tertiary/aromatic N) is 24. The molecule has 9 aliphatic rings. The SMILES string of the molecule is CNC(=O)N1CCn2c(C3CC3)nc(-c3cccc4nc(-c5cnn(C)c5)c(C(F)(F)F)cc34)c2C1.CNC(=O)N1CCn2c(C3CCC(F)(F)C3)nc(-c3cccc4nc(-c5cnn(C)c5)c(C(F)F)cc34)c2C1.CNC(=O)N1CCn2c(C3CCOCC3)nc(-c3cccc4cc(N5CCOCC5)ncc34)c2C1.CNC(=O)N1CCn2c(C3CCOCC3)nc(-c3cccc4nc(-c5cnn(C)c5)c(C#N)cc34)c2C1. The molecule has 15 aromatic rings. The molecule has 3 saturated heterocycles. The number of alkyl halides is 7. The third-order valence-corrected chi connectivity index (χ3v) is 29.3. The molecule has 0 radical (unpaired) electrons. The van der Waals surface area contributed by atoms with Crippen molar-refractivity contribution in [2.24, 2.45) is 21.1 Å². The van der Waals surface area contributed by atoms with E-state index in [0.717, 1.165) is 188 Å². The van der Waals surface area contributed by atoms with Gasteiger partial charge in [0, 0.05) is 269 Å².